The van der Waals surface area contributed by atoms with Gasteiger partial charge in [-0.05, 0) is 44.7 Å². The summed E-state index contributed by atoms with van der Waals surface area (Å²) < 4.78 is 0. The van der Waals surface area contributed by atoms with Gasteiger partial charge >= 0.3 is 0 Å². The van der Waals surface area contributed by atoms with Crippen molar-refractivity contribution in [2.45, 2.75) is 38.8 Å². The zero-order valence-electron chi connectivity index (χ0n) is 10.6. The number of likely N-dealkylation sites (tertiary alicyclic amines) is 1. The molecule has 1 aromatic rings. The molecule has 2 heterocycles. The molecule has 0 unspecified atom stereocenters. The van der Waals surface area contributed by atoms with Crippen LogP contribution in [0.3, 0.4) is 0 Å². The zero-order chi connectivity index (χ0) is 12.3. The minimum Gasteiger partial charge on any atom is -0.320 e. The van der Waals surface area contributed by atoms with Gasteiger partial charge in [-0.3, -0.25) is 4.90 Å². The fourth-order valence-corrected chi connectivity index (χ4v) is 3.20. The van der Waals surface area contributed by atoms with Gasteiger partial charge in [0.25, 0.3) is 0 Å². The van der Waals surface area contributed by atoms with Gasteiger partial charge in [0.05, 0.1) is 6.54 Å². The van der Waals surface area contributed by atoms with E-state index in [1.807, 2.05) is 0 Å². The van der Waals surface area contributed by atoms with Gasteiger partial charge in [0.2, 0.25) is 0 Å². The highest BCUT2D eigenvalue weighted by molar-refractivity contribution is 7.10. The van der Waals surface area contributed by atoms with Crippen LogP contribution in [0.5, 0.6) is 0 Å². The number of hydrogen-bond acceptors (Lipinski definition) is 3. The minimum absolute atomic E-state index is 0.336. The summed E-state index contributed by atoms with van der Waals surface area (Å²) in [6, 6.07) is 2.10. The lowest BCUT2D eigenvalue weighted by atomic mass is 10.0. The van der Waals surface area contributed by atoms with Gasteiger partial charge in [-0.2, -0.15) is 0 Å². The molecule has 92 valence electrons. The van der Waals surface area contributed by atoms with Crippen LogP contribution >= 0.6 is 11.3 Å². The molecule has 1 saturated heterocycles. The molecule has 0 bridgehead atoms. The molecule has 0 aromatic carbocycles. The van der Waals surface area contributed by atoms with Crippen molar-refractivity contribution >= 4 is 11.3 Å². The molecule has 3 heteroatoms. The predicted molar refractivity (Wildman–Crippen MR) is 74.0 cm³/mol. The topological polar surface area (TPSA) is 29.3 Å². The van der Waals surface area contributed by atoms with E-state index < -0.39 is 0 Å². The van der Waals surface area contributed by atoms with Crippen molar-refractivity contribution < 1.29 is 0 Å². The van der Waals surface area contributed by atoms with Crippen molar-refractivity contribution in [2.75, 3.05) is 13.1 Å². The van der Waals surface area contributed by atoms with E-state index in [4.69, 9.17) is 5.73 Å². The lowest BCUT2D eigenvalue weighted by Crippen LogP contribution is -2.37. The molecular weight excluding hydrogens is 228 g/mol. The summed E-state index contributed by atoms with van der Waals surface area (Å²) in [5.74, 6) is 6.11. The molecule has 0 saturated carbocycles. The second-order valence-electron chi connectivity index (χ2n) is 5.10. The Labute approximate surface area is 108 Å². The van der Waals surface area contributed by atoms with E-state index in [0.29, 0.717) is 12.1 Å². The van der Waals surface area contributed by atoms with E-state index in [1.54, 1.807) is 11.3 Å². The van der Waals surface area contributed by atoms with E-state index in [2.05, 4.69) is 42.0 Å². The second kappa shape index (κ2) is 5.22. The molecule has 2 N–H and O–H groups in total. The van der Waals surface area contributed by atoms with Crippen molar-refractivity contribution in [3.8, 4) is 11.8 Å². The van der Waals surface area contributed by atoms with Gasteiger partial charge in [0.15, 0.2) is 0 Å². The Morgan fingerprint density at radius 3 is 3.00 bits per heavy atom. The molecule has 2 nitrogen and oxygen atoms in total. The molecule has 0 amide bonds. The number of thiophene rings is 1. The van der Waals surface area contributed by atoms with Crippen molar-refractivity contribution in [1.82, 2.24) is 4.90 Å². The van der Waals surface area contributed by atoms with Crippen LogP contribution in [0.25, 0.3) is 0 Å². The first-order valence-electron chi connectivity index (χ1n) is 6.14. The first kappa shape index (κ1) is 12.6. The molecule has 1 aromatic heterocycles. The Balaban J connectivity index is 2.11. The summed E-state index contributed by atoms with van der Waals surface area (Å²) >= 11 is 1.80. The summed E-state index contributed by atoms with van der Waals surface area (Å²) in [5, 5.41) is 2.12. The Morgan fingerprint density at radius 1 is 1.53 bits per heavy atom. The zero-order valence-corrected chi connectivity index (χ0v) is 11.4. The Hall–Kier alpha value is -0.820. The first-order valence-corrected chi connectivity index (χ1v) is 7.02. The van der Waals surface area contributed by atoms with Gasteiger partial charge in [-0.1, -0.05) is 11.8 Å². The molecule has 0 spiro atoms. The predicted octanol–water partition coefficient (Wildman–Crippen LogP) is 2.43. The smallest absolute Gasteiger partial charge is 0.0555 e. The second-order valence-corrected chi connectivity index (χ2v) is 6.10. The van der Waals surface area contributed by atoms with Crippen LogP contribution in [0.2, 0.25) is 0 Å². The number of hydrogen-bond donors (Lipinski definition) is 1. The maximum atomic E-state index is 5.42. The van der Waals surface area contributed by atoms with Crippen LogP contribution in [0, 0.1) is 11.8 Å². The fourth-order valence-electron chi connectivity index (χ4n) is 2.35. The molecule has 0 atom stereocenters. The third kappa shape index (κ3) is 2.90. The van der Waals surface area contributed by atoms with Crippen LogP contribution in [0.15, 0.2) is 11.4 Å². The van der Waals surface area contributed by atoms with Gasteiger partial charge in [0, 0.05) is 22.5 Å². The van der Waals surface area contributed by atoms with Crippen molar-refractivity contribution in [2.24, 2.45) is 5.73 Å². The van der Waals surface area contributed by atoms with Crippen molar-refractivity contribution in [3.05, 3.63) is 21.9 Å². The summed E-state index contributed by atoms with van der Waals surface area (Å²) in [6.07, 6.45) is 2.60. The van der Waals surface area contributed by atoms with Crippen LogP contribution in [0.1, 0.15) is 37.1 Å². The van der Waals surface area contributed by atoms with Gasteiger partial charge in [-0.25, -0.2) is 0 Å². The molecule has 1 fully saturated rings. The normalized spacial score (nSPS) is 19.0. The van der Waals surface area contributed by atoms with E-state index in [9.17, 15) is 0 Å². The summed E-state index contributed by atoms with van der Waals surface area (Å²) in [6.45, 7) is 7.33. The molecule has 17 heavy (non-hydrogen) atoms. The SMILES string of the molecule is CC1(C)CCCN1Cc1sccc1C#CCN. The van der Waals surface area contributed by atoms with Crippen LogP contribution in [-0.2, 0) is 6.54 Å². The van der Waals surface area contributed by atoms with Gasteiger partial charge in [0.1, 0.15) is 0 Å². The molecular formula is C14H20N2S. The molecule has 0 radical (unpaired) electrons. The van der Waals surface area contributed by atoms with Crippen LogP contribution in [-0.4, -0.2) is 23.5 Å². The van der Waals surface area contributed by atoms with E-state index >= 15 is 0 Å². The Kier molecular flexibility index (Phi) is 3.88. The maximum absolute atomic E-state index is 5.42. The fraction of sp³-hybridized carbons (Fsp3) is 0.571. The number of rotatable bonds is 2. The van der Waals surface area contributed by atoms with E-state index in [-0.39, 0.29) is 0 Å². The molecule has 0 aliphatic carbocycles. The lowest BCUT2D eigenvalue weighted by molar-refractivity contribution is 0.168. The summed E-state index contributed by atoms with van der Waals surface area (Å²) in [4.78, 5) is 3.94. The van der Waals surface area contributed by atoms with Gasteiger partial charge in [-0.15, -0.1) is 11.3 Å². The van der Waals surface area contributed by atoms with Crippen molar-refractivity contribution in [3.63, 3.8) is 0 Å². The largest absolute Gasteiger partial charge is 0.320 e. The van der Waals surface area contributed by atoms with E-state index in [1.165, 1.54) is 24.3 Å². The summed E-state index contributed by atoms with van der Waals surface area (Å²) in [5.41, 5.74) is 6.91. The van der Waals surface area contributed by atoms with E-state index in [0.717, 1.165) is 12.1 Å². The average Bonchev–Trinajstić information content (AvgIpc) is 2.84. The van der Waals surface area contributed by atoms with Gasteiger partial charge < -0.3 is 5.73 Å². The average molecular weight is 248 g/mol. The summed E-state index contributed by atoms with van der Waals surface area (Å²) in [7, 11) is 0. The highest BCUT2D eigenvalue weighted by Gasteiger charge is 2.32. The quantitative estimate of drug-likeness (QED) is 0.815. The molecule has 2 rings (SSSR count). The lowest BCUT2D eigenvalue weighted by Gasteiger charge is -2.31. The van der Waals surface area contributed by atoms with Crippen LogP contribution < -0.4 is 5.73 Å². The van der Waals surface area contributed by atoms with Crippen molar-refractivity contribution in [1.29, 1.82) is 0 Å². The number of nitrogens with two attached hydrogens (primary N) is 1. The molecule has 1 aliphatic heterocycles. The maximum Gasteiger partial charge on any atom is 0.0555 e. The highest BCUT2D eigenvalue weighted by Crippen LogP contribution is 2.31. The third-order valence-electron chi connectivity index (χ3n) is 3.48. The standard InChI is InChI=1S/C14H20N2S/c1-14(2)7-4-9-16(14)11-13-12(5-3-8-15)6-10-17-13/h6,10H,4,7-9,11,15H2,1-2H3. The minimum atomic E-state index is 0.336. The Morgan fingerprint density at radius 2 is 2.35 bits per heavy atom. The third-order valence-corrected chi connectivity index (χ3v) is 4.38. The number of nitrogens with zero attached hydrogens (tertiary/aromatic N) is 1. The van der Waals surface area contributed by atoms with Crippen LogP contribution in [0.4, 0.5) is 0 Å². The monoisotopic (exact) mass is 248 g/mol. The molecule has 1 aliphatic rings. The Bertz CT molecular complexity index is 437. The highest BCUT2D eigenvalue weighted by atomic mass is 32.1. The first-order chi connectivity index (χ1) is 8.13.